The van der Waals surface area contributed by atoms with E-state index in [1.54, 1.807) is 43.5 Å². The molecule has 0 spiro atoms. The molecule has 4 nitrogen and oxygen atoms in total. The first-order chi connectivity index (χ1) is 9.02. The molecule has 0 aromatic heterocycles. The van der Waals surface area contributed by atoms with Crippen molar-refractivity contribution in [1.82, 2.24) is 0 Å². The van der Waals surface area contributed by atoms with Crippen LogP contribution in [-0.2, 0) is 0 Å². The number of rotatable bonds is 3. The molecule has 0 aliphatic heterocycles. The minimum atomic E-state index is -0.495. The Hall–Kier alpha value is -2.49. The molecule has 0 aliphatic carbocycles. The first-order valence-corrected chi connectivity index (χ1v) is 5.80. The minimum Gasteiger partial charge on any atom is -0.508 e. The molecule has 0 saturated heterocycles. The van der Waals surface area contributed by atoms with Crippen LogP contribution in [0.3, 0.4) is 0 Å². The maximum absolute atomic E-state index is 11.5. The van der Waals surface area contributed by atoms with E-state index in [9.17, 15) is 9.90 Å². The number of aromatic hydroxyl groups is 1. The lowest BCUT2D eigenvalue weighted by atomic mass is 9.95. The zero-order chi connectivity index (χ0) is 14.0. The van der Waals surface area contributed by atoms with Crippen molar-refractivity contribution in [1.29, 1.82) is 0 Å². The highest BCUT2D eigenvalue weighted by Gasteiger charge is 2.13. The highest BCUT2D eigenvalue weighted by Crippen LogP contribution is 2.31. The normalized spacial score (nSPS) is 10.2. The Bertz CT molecular complexity index is 635. The van der Waals surface area contributed by atoms with E-state index in [4.69, 9.17) is 10.5 Å². The van der Waals surface area contributed by atoms with E-state index in [-0.39, 0.29) is 5.75 Å². The number of phenols is 1. The lowest BCUT2D eigenvalue weighted by Crippen LogP contribution is -2.12. The maximum atomic E-state index is 11.5. The van der Waals surface area contributed by atoms with E-state index in [1.807, 2.05) is 6.92 Å². The Labute approximate surface area is 111 Å². The van der Waals surface area contributed by atoms with Crippen LogP contribution in [0.2, 0.25) is 0 Å². The molecule has 0 heterocycles. The summed E-state index contributed by atoms with van der Waals surface area (Å²) in [5.41, 5.74) is 8.21. The van der Waals surface area contributed by atoms with Gasteiger partial charge in [0.2, 0.25) is 5.91 Å². The predicted molar refractivity (Wildman–Crippen MR) is 73.3 cm³/mol. The van der Waals surface area contributed by atoms with E-state index >= 15 is 0 Å². The van der Waals surface area contributed by atoms with Crippen LogP contribution in [0, 0.1) is 6.92 Å². The Morgan fingerprint density at radius 2 is 1.89 bits per heavy atom. The number of nitrogens with two attached hydrogens (primary N) is 1. The van der Waals surface area contributed by atoms with Crippen molar-refractivity contribution in [3.8, 4) is 22.6 Å². The largest absolute Gasteiger partial charge is 0.508 e. The van der Waals surface area contributed by atoms with Gasteiger partial charge in [-0.25, -0.2) is 0 Å². The van der Waals surface area contributed by atoms with E-state index in [1.165, 1.54) is 0 Å². The SMILES string of the molecule is COc1ccc(C(N)=O)c(-c2ccc(O)cc2C)c1. The second-order valence-corrected chi connectivity index (χ2v) is 4.27. The minimum absolute atomic E-state index is 0.185. The molecule has 98 valence electrons. The number of primary amides is 1. The van der Waals surface area contributed by atoms with Gasteiger partial charge in [-0.05, 0) is 53.9 Å². The van der Waals surface area contributed by atoms with E-state index in [0.717, 1.165) is 11.1 Å². The number of phenolic OH excluding ortho intramolecular Hbond substituents is 1. The van der Waals surface area contributed by atoms with E-state index in [2.05, 4.69) is 0 Å². The van der Waals surface area contributed by atoms with Crippen molar-refractivity contribution in [2.24, 2.45) is 5.73 Å². The summed E-state index contributed by atoms with van der Waals surface area (Å²) in [5, 5.41) is 9.45. The molecule has 0 aliphatic rings. The highest BCUT2D eigenvalue weighted by atomic mass is 16.5. The van der Waals surface area contributed by atoms with Crippen LogP contribution in [0.4, 0.5) is 0 Å². The number of carbonyl (C=O) groups is 1. The van der Waals surface area contributed by atoms with Gasteiger partial charge in [-0.15, -0.1) is 0 Å². The molecule has 0 fully saturated rings. The maximum Gasteiger partial charge on any atom is 0.249 e. The highest BCUT2D eigenvalue weighted by molar-refractivity contribution is 6.00. The smallest absolute Gasteiger partial charge is 0.249 e. The first-order valence-electron chi connectivity index (χ1n) is 5.80. The second-order valence-electron chi connectivity index (χ2n) is 4.27. The van der Waals surface area contributed by atoms with Gasteiger partial charge in [-0.3, -0.25) is 4.79 Å². The topological polar surface area (TPSA) is 72.5 Å². The van der Waals surface area contributed by atoms with Crippen molar-refractivity contribution < 1.29 is 14.6 Å². The van der Waals surface area contributed by atoms with Crippen molar-refractivity contribution in [2.45, 2.75) is 6.92 Å². The summed E-state index contributed by atoms with van der Waals surface area (Å²) in [7, 11) is 1.56. The van der Waals surface area contributed by atoms with Crippen LogP contribution < -0.4 is 10.5 Å². The number of methoxy groups -OCH3 is 1. The third-order valence-electron chi connectivity index (χ3n) is 2.99. The quantitative estimate of drug-likeness (QED) is 0.887. The average Bonchev–Trinajstić information content (AvgIpc) is 2.38. The number of ether oxygens (including phenoxy) is 1. The van der Waals surface area contributed by atoms with Crippen molar-refractivity contribution in [2.75, 3.05) is 7.11 Å². The molecule has 2 rings (SSSR count). The molecule has 2 aromatic carbocycles. The summed E-state index contributed by atoms with van der Waals surface area (Å²) in [4.78, 5) is 11.5. The van der Waals surface area contributed by atoms with Crippen LogP contribution in [0.5, 0.6) is 11.5 Å². The van der Waals surface area contributed by atoms with Crippen LogP contribution in [-0.4, -0.2) is 18.1 Å². The van der Waals surface area contributed by atoms with Crippen LogP contribution in [0.15, 0.2) is 36.4 Å². The third kappa shape index (κ3) is 2.52. The molecule has 4 heteroatoms. The van der Waals surface area contributed by atoms with Gasteiger partial charge in [0.1, 0.15) is 11.5 Å². The van der Waals surface area contributed by atoms with Gasteiger partial charge in [0.05, 0.1) is 7.11 Å². The number of aryl methyl sites for hydroxylation is 1. The summed E-state index contributed by atoms with van der Waals surface area (Å²) in [6.07, 6.45) is 0. The second kappa shape index (κ2) is 5.02. The lowest BCUT2D eigenvalue weighted by Gasteiger charge is -2.12. The summed E-state index contributed by atoms with van der Waals surface area (Å²) in [6, 6.07) is 10.1. The zero-order valence-electron chi connectivity index (χ0n) is 10.8. The molecule has 0 radical (unpaired) electrons. The van der Waals surface area contributed by atoms with Crippen LogP contribution in [0.25, 0.3) is 11.1 Å². The molecule has 0 unspecified atom stereocenters. The number of hydrogen-bond acceptors (Lipinski definition) is 3. The molecule has 0 bridgehead atoms. The van der Waals surface area contributed by atoms with E-state index < -0.39 is 5.91 Å². The van der Waals surface area contributed by atoms with Gasteiger partial charge < -0.3 is 15.6 Å². The molecule has 3 N–H and O–H groups in total. The summed E-state index contributed by atoms with van der Waals surface area (Å²) in [5.74, 6) is 0.336. The first kappa shape index (κ1) is 13.0. The molecular weight excluding hydrogens is 242 g/mol. The third-order valence-corrected chi connectivity index (χ3v) is 2.99. The number of carbonyl (C=O) groups excluding carboxylic acids is 1. The van der Waals surface area contributed by atoms with Gasteiger partial charge in [0, 0.05) is 5.56 Å². The standard InChI is InChI=1S/C15H15NO3/c1-9-7-10(17)3-5-12(9)14-8-11(19-2)4-6-13(14)15(16)18/h3-8,17H,1-2H3,(H2,16,18). The fourth-order valence-corrected chi connectivity index (χ4v) is 2.04. The predicted octanol–water partition coefficient (Wildman–Crippen LogP) is 2.48. The summed E-state index contributed by atoms with van der Waals surface area (Å²) in [6.45, 7) is 1.86. The zero-order valence-corrected chi connectivity index (χ0v) is 10.8. The monoisotopic (exact) mass is 257 g/mol. The van der Waals surface area contributed by atoms with Crippen molar-refractivity contribution in [3.05, 3.63) is 47.5 Å². The number of hydrogen-bond donors (Lipinski definition) is 2. The van der Waals surface area contributed by atoms with Gasteiger partial charge >= 0.3 is 0 Å². The molecule has 1 amide bonds. The van der Waals surface area contributed by atoms with E-state index in [0.29, 0.717) is 16.9 Å². The Morgan fingerprint density at radius 3 is 2.47 bits per heavy atom. The fourth-order valence-electron chi connectivity index (χ4n) is 2.04. The van der Waals surface area contributed by atoms with Gasteiger partial charge in [-0.2, -0.15) is 0 Å². The molecular formula is C15H15NO3. The lowest BCUT2D eigenvalue weighted by molar-refractivity contribution is 0.100. The summed E-state index contributed by atoms with van der Waals surface area (Å²) >= 11 is 0. The summed E-state index contributed by atoms with van der Waals surface area (Å²) < 4.78 is 5.17. The van der Waals surface area contributed by atoms with Gasteiger partial charge in [0.15, 0.2) is 0 Å². The number of amides is 1. The van der Waals surface area contributed by atoms with Crippen molar-refractivity contribution in [3.63, 3.8) is 0 Å². The Kier molecular flexibility index (Phi) is 3.42. The average molecular weight is 257 g/mol. The molecule has 0 atom stereocenters. The van der Waals surface area contributed by atoms with Crippen molar-refractivity contribution >= 4 is 5.91 Å². The number of benzene rings is 2. The molecule has 19 heavy (non-hydrogen) atoms. The molecule has 0 saturated carbocycles. The molecule has 2 aromatic rings. The Morgan fingerprint density at radius 1 is 1.16 bits per heavy atom. The Balaban J connectivity index is 2.68. The van der Waals surface area contributed by atoms with Gasteiger partial charge in [-0.1, -0.05) is 6.07 Å². The van der Waals surface area contributed by atoms with Crippen LogP contribution in [0.1, 0.15) is 15.9 Å². The fraction of sp³-hybridized carbons (Fsp3) is 0.133. The van der Waals surface area contributed by atoms with Crippen LogP contribution >= 0.6 is 0 Å². The van der Waals surface area contributed by atoms with Gasteiger partial charge in [0.25, 0.3) is 0 Å².